The van der Waals surface area contributed by atoms with Crippen LogP contribution in [0.2, 0.25) is 0 Å². The molecule has 0 aromatic rings. The van der Waals surface area contributed by atoms with Gasteiger partial charge in [0.25, 0.3) is 0 Å². The SMILES string of the molecule is C[C@@]12CC[C@H](O)C[C@@H]1CC[C@@H]1[C@@H]2CC[C@]2(C)[C@H]1CC[C@]21CO1. The van der Waals surface area contributed by atoms with Crippen molar-refractivity contribution in [3.05, 3.63) is 0 Å². The third kappa shape index (κ3) is 1.59. The first-order chi connectivity index (χ1) is 10.5. The zero-order chi connectivity index (χ0) is 15.2. The quantitative estimate of drug-likeness (QED) is 0.682. The summed E-state index contributed by atoms with van der Waals surface area (Å²) in [6.07, 6.45) is 11.7. The molecule has 22 heavy (non-hydrogen) atoms. The summed E-state index contributed by atoms with van der Waals surface area (Å²) in [6.45, 7) is 6.19. The lowest BCUT2D eigenvalue weighted by molar-refractivity contribution is -0.128. The minimum Gasteiger partial charge on any atom is -0.393 e. The topological polar surface area (TPSA) is 32.8 Å². The first-order valence-corrected chi connectivity index (χ1v) is 9.81. The molecule has 0 unspecified atom stereocenters. The van der Waals surface area contributed by atoms with Crippen LogP contribution in [0.4, 0.5) is 0 Å². The number of rotatable bonds is 0. The van der Waals surface area contributed by atoms with Crippen LogP contribution in [0, 0.1) is 34.5 Å². The second-order valence-corrected chi connectivity index (χ2v) is 9.86. The van der Waals surface area contributed by atoms with Crippen LogP contribution >= 0.6 is 0 Å². The van der Waals surface area contributed by atoms with E-state index in [4.69, 9.17) is 4.74 Å². The Morgan fingerprint density at radius 3 is 2.45 bits per heavy atom. The molecule has 1 aliphatic heterocycles. The van der Waals surface area contributed by atoms with Crippen molar-refractivity contribution in [1.29, 1.82) is 0 Å². The van der Waals surface area contributed by atoms with Gasteiger partial charge in [0.15, 0.2) is 0 Å². The molecule has 0 amide bonds. The lowest BCUT2D eigenvalue weighted by Crippen LogP contribution is -2.54. The maximum absolute atomic E-state index is 10.1. The molecule has 5 aliphatic rings. The molecule has 1 heterocycles. The zero-order valence-corrected chi connectivity index (χ0v) is 14.3. The Kier molecular flexibility index (Phi) is 2.79. The summed E-state index contributed by atoms with van der Waals surface area (Å²) in [5, 5.41) is 10.1. The molecular formula is C20H32O2. The van der Waals surface area contributed by atoms with E-state index in [0.29, 0.717) is 16.4 Å². The number of aliphatic hydroxyl groups is 1. The molecule has 0 bridgehead atoms. The minimum absolute atomic E-state index is 0.0157. The molecule has 2 heteroatoms. The van der Waals surface area contributed by atoms with Crippen LogP contribution in [0.25, 0.3) is 0 Å². The standard InChI is InChI=1S/C20H32O2/c1-18-8-5-14(21)11-13(18)3-4-15-16(18)6-9-19(2)17(15)7-10-20(19)12-22-20/h13-17,21H,3-12H2,1-2H3/t13-,14-,15+,16-,17-,18+,19+,20-/m0/s1. The van der Waals surface area contributed by atoms with Gasteiger partial charge in [-0.3, -0.25) is 0 Å². The number of epoxide rings is 1. The van der Waals surface area contributed by atoms with Crippen LogP contribution in [0.5, 0.6) is 0 Å². The number of fused-ring (bicyclic) bond motifs is 6. The number of hydrogen-bond acceptors (Lipinski definition) is 2. The van der Waals surface area contributed by atoms with Gasteiger partial charge in [0.2, 0.25) is 0 Å². The van der Waals surface area contributed by atoms with Crippen molar-refractivity contribution in [3.63, 3.8) is 0 Å². The number of hydrogen-bond donors (Lipinski definition) is 1. The fourth-order valence-corrected chi connectivity index (χ4v) is 7.89. The van der Waals surface area contributed by atoms with E-state index in [1.165, 1.54) is 44.9 Å². The van der Waals surface area contributed by atoms with E-state index in [0.717, 1.165) is 43.1 Å². The van der Waals surface area contributed by atoms with Crippen LogP contribution in [0.1, 0.15) is 71.6 Å². The molecule has 2 nitrogen and oxygen atoms in total. The van der Waals surface area contributed by atoms with Crippen molar-refractivity contribution >= 4 is 0 Å². The Morgan fingerprint density at radius 1 is 0.909 bits per heavy atom. The summed E-state index contributed by atoms with van der Waals surface area (Å²) >= 11 is 0. The third-order valence-electron chi connectivity index (χ3n) is 9.42. The fourth-order valence-electron chi connectivity index (χ4n) is 7.89. The second-order valence-electron chi connectivity index (χ2n) is 9.86. The van der Waals surface area contributed by atoms with Gasteiger partial charge in [-0.15, -0.1) is 0 Å². The molecule has 0 aromatic carbocycles. The minimum atomic E-state index is -0.0157. The van der Waals surface area contributed by atoms with E-state index in [9.17, 15) is 5.11 Å². The monoisotopic (exact) mass is 304 g/mol. The van der Waals surface area contributed by atoms with Gasteiger partial charge in [0.1, 0.15) is 0 Å². The van der Waals surface area contributed by atoms with Crippen molar-refractivity contribution < 1.29 is 9.84 Å². The van der Waals surface area contributed by atoms with Gasteiger partial charge >= 0.3 is 0 Å². The molecule has 0 aromatic heterocycles. The molecule has 5 fully saturated rings. The normalized spacial score (nSPS) is 63.1. The fraction of sp³-hybridized carbons (Fsp3) is 1.00. The summed E-state index contributed by atoms with van der Waals surface area (Å²) in [7, 11) is 0. The highest BCUT2D eigenvalue weighted by Crippen LogP contribution is 2.71. The van der Waals surface area contributed by atoms with Gasteiger partial charge in [0, 0.05) is 5.41 Å². The molecule has 1 N–H and O–H groups in total. The van der Waals surface area contributed by atoms with Gasteiger partial charge in [-0.05, 0) is 86.9 Å². The summed E-state index contributed by atoms with van der Waals surface area (Å²) < 4.78 is 6.02. The van der Waals surface area contributed by atoms with Crippen LogP contribution < -0.4 is 0 Å². The first-order valence-electron chi connectivity index (χ1n) is 9.81. The molecule has 1 spiro atoms. The summed E-state index contributed by atoms with van der Waals surface area (Å²) in [6, 6.07) is 0. The largest absolute Gasteiger partial charge is 0.393 e. The van der Waals surface area contributed by atoms with Crippen molar-refractivity contribution in [2.45, 2.75) is 83.3 Å². The average molecular weight is 304 g/mol. The second kappa shape index (κ2) is 4.30. The average Bonchev–Trinajstić information content (AvgIpc) is 3.22. The molecule has 5 rings (SSSR count). The van der Waals surface area contributed by atoms with Gasteiger partial charge in [-0.1, -0.05) is 13.8 Å². The molecule has 4 aliphatic carbocycles. The van der Waals surface area contributed by atoms with E-state index < -0.39 is 0 Å². The van der Waals surface area contributed by atoms with Gasteiger partial charge in [0.05, 0.1) is 18.3 Å². The van der Waals surface area contributed by atoms with E-state index in [2.05, 4.69) is 13.8 Å². The highest BCUT2D eigenvalue weighted by atomic mass is 16.6. The maximum Gasteiger partial charge on any atom is 0.0972 e. The van der Waals surface area contributed by atoms with E-state index >= 15 is 0 Å². The Bertz CT molecular complexity index is 484. The molecule has 4 saturated carbocycles. The van der Waals surface area contributed by atoms with Crippen molar-refractivity contribution in [2.24, 2.45) is 34.5 Å². The first kappa shape index (κ1) is 14.3. The van der Waals surface area contributed by atoms with Crippen LogP contribution in [-0.2, 0) is 4.74 Å². The summed E-state index contributed by atoms with van der Waals surface area (Å²) in [4.78, 5) is 0. The van der Waals surface area contributed by atoms with Crippen molar-refractivity contribution in [2.75, 3.05) is 6.61 Å². The lowest BCUT2D eigenvalue weighted by Gasteiger charge is -2.60. The third-order valence-corrected chi connectivity index (χ3v) is 9.42. The number of aliphatic hydroxyl groups excluding tert-OH is 1. The Hall–Kier alpha value is -0.0800. The van der Waals surface area contributed by atoms with Crippen molar-refractivity contribution in [3.8, 4) is 0 Å². The zero-order valence-electron chi connectivity index (χ0n) is 14.3. The van der Waals surface area contributed by atoms with E-state index in [-0.39, 0.29) is 6.10 Å². The molecule has 124 valence electrons. The lowest BCUT2D eigenvalue weighted by atomic mass is 9.44. The highest BCUT2D eigenvalue weighted by molar-refractivity contribution is 5.18. The summed E-state index contributed by atoms with van der Waals surface area (Å²) in [5.74, 6) is 3.57. The van der Waals surface area contributed by atoms with Crippen molar-refractivity contribution in [1.82, 2.24) is 0 Å². The molecule has 8 atom stereocenters. The predicted molar refractivity (Wildman–Crippen MR) is 86.4 cm³/mol. The van der Waals surface area contributed by atoms with Gasteiger partial charge in [-0.25, -0.2) is 0 Å². The molecule has 1 saturated heterocycles. The van der Waals surface area contributed by atoms with E-state index in [1.807, 2.05) is 0 Å². The van der Waals surface area contributed by atoms with Gasteiger partial charge in [-0.2, -0.15) is 0 Å². The Labute approximate surface area is 135 Å². The van der Waals surface area contributed by atoms with Gasteiger partial charge < -0.3 is 9.84 Å². The predicted octanol–water partition coefficient (Wildman–Crippen LogP) is 4.16. The Balaban J connectivity index is 1.46. The van der Waals surface area contributed by atoms with Crippen LogP contribution in [-0.4, -0.2) is 23.4 Å². The maximum atomic E-state index is 10.1. The number of ether oxygens (including phenoxy) is 1. The highest BCUT2D eigenvalue weighted by Gasteiger charge is 2.69. The Morgan fingerprint density at radius 2 is 1.68 bits per heavy atom. The smallest absolute Gasteiger partial charge is 0.0972 e. The molecular weight excluding hydrogens is 272 g/mol. The summed E-state index contributed by atoms with van der Waals surface area (Å²) in [5.41, 5.74) is 1.29. The molecule has 0 radical (unpaired) electrons. The van der Waals surface area contributed by atoms with Crippen LogP contribution in [0.15, 0.2) is 0 Å². The van der Waals surface area contributed by atoms with E-state index in [1.54, 1.807) is 0 Å². The van der Waals surface area contributed by atoms with Crippen LogP contribution in [0.3, 0.4) is 0 Å².